The summed E-state index contributed by atoms with van der Waals surface area (Å²) in [5, 5.41) is 0. The predicted molar refractivity (Wildman–Crippen MR) is 61.2 cm³/mol. The van der Waals surface area contributed by atoms with Crippen LogP contribution in [0, 0.1) is 39.2 Å². The summed E-state index contributed by atoms with van der Waals surface area (Å²) < 4.78 is 48.9. The Labute approximate surface area is 136 Å². The first kappa shape index (κ1) is 28.5. The van der Waals surface area contributed by atoms with E-state index >= 15 is 0 Å². The molecule has 8 heteroatoms. The van der Waals surface area contributed by atoms with Crippen molar-refractivity contribution < 1.29 is 48.3 Å². The van der Waals surface area contributed by atoms with Gasteiger partial charge in [-0.15, -0.1) is 0 Å². The number of furan rings is 1. The molecular formula is C14H10CrO7. The van der Waals surface area contributed by atoms with Crippen LogP contribution < -0.4 is 0 Å². The van der Waals surface area contributed by atoms with Crippen LogP contribution in [0.15, 0.2) is 22.8 Å². The van der Waals surface area contributed by atoms with Crippen LogP contribution in [0.1, 0.15) is 18.1 Å². The molecule has 1 fully saturated rings. The van der Waals surface area contributed by atoms with Gasteiger partial charge in [-0.25, -0.2) is 0 Å². The Bertz CT molecular complexity index is 433. The first-order valence-electron chi connectivity index (χ1n) is 4.96. The minimum atomic E-state index is 0.529. The van der Waals surface area contributed by atoms with Gasteiger partial charge in [0, 0.05) is 0 Å². The first-order valence-corrected chi connectivity index (χ1v) is 5.60. The van der Waals surface area contributed by atoms with Crippen molar-refractivity contribution in [1.82, 2.24) is 0 Å². The SMILES string of the molecule is CO[C](=[Cr])[C@@H]1C[C@H]1c1ccco1.[C-]#[O+].[C-]#[O+].[C-]#[O+].[C-]#[O+].[C-]#[O+]. The molecule has 0 saturated heterocycles. The molecule has 0 spiro atoms. The number of rotatable bonds is 3. The summed E-state index contributed by atoms with van der Waals surface area (Å²) in [5.41, 5.74) is 0. The van der Waals surface area contributed by atoms with E-state index in [0.717, 1.165) is 16.7 Å². The second kappa shape index (κ2) is 24.4. The molecule has 0 amide bonds. The number of hydrogen-bond donors (Lipinski definition) is 0. The third kappa shape index (κ3) is 12.1. The molecule has 1 aliphatic carbocycles. The molecule has 7 nitrogen and oxygen atoms in total. The van der Waals surface area contributed by atoms with Crippen molar-refractivity contribution in [3.05, 3.63) is 57.4 Å². The average Bonchev–Trinajstić information content (AvgIpc) is 3.27. The fraction of sp³-hybridized carbons (Fsp3) is 0.286. The Morgan fingerprint density at radius 1 is 1.09 bits per heavy atom. The Hall–Kier alpha value is -1.66. The predicted octanol–water partition coefficient (Wildman–Crippen LogP) is 1.52. The maximum absolute atomic E-state index is 7.50. The van der Waals surface area contributed by atoms with E-state index in [9.17, 15) is 0 Å². The summed E-state index contributed by atoms with van der Waals surface area (Å²) in [4.78, 5) is 0. The Kier molecular flexibility index (Phi) is 31.6. The summed E-state index contributed by atoms with van der Waals surface area (Å²) in [6.07, 6.45) is 2.86. The molecule has 1 saturated carbocycles. The average molecular weight is 342 g/mol. The van der Waals surface area contributed by atoms with E-state index in [0.29, 0.717) is 11.8 Å². The molecule has 1 heterocycles. The van der Waals surface area contributed by atoms with Crippen molar-refractivity contribution >= 4 is 4.57 Å². The van der Waals surface area contributed by atoms with Crippen molar-refractivity contribution in [1.29, 1.82) is 0 Å². The summed E-state index contributed by atoms with van der Waals surface area (Å²) in [6, 6.07) is 3.95. The summed E-state index contributed by atoms with van der Waals surface area (Å²) >= 11 is 2.93. The topological polar surface area (TPSA) is 122 Å². The fourth-order valence-electron chi connectivity index (χ4n) is 1.42. The molecule has 0 radical (unpaired) electrons. The van der Waals surface area contributed by atoms with E-state index in [1.807, 2.05) is 12.1 Å². The fourth-order valence-corrected chi connectivity index (χ4v) is 1.83. The summed E-state index contributed by atoms with van der Waals surface area (Å²) in [7, 11) is 1.70. The molecule has 0 aromatic carbocycles. The molecule has 0 aliphatic heterocycles. The molecular weight excluding hydrogens is 332 g/mol. The third-order valence-electron chi connectivity index (χ3n) is 2.20. The molecule has 0 unspecified atom stereocenters. The third-order valence-corrected chi connectivity index (χ3v) is 2.94. The van der Waals surface area contributed by atoms with Gasteiger partial charge in [0.15, 0.2) is 0 Å². The van der Waals surface area contributed by atoms with Crippen molar-refractivity contribution in [3.8, 4) is 0 Å². The van der Waals surface area contributed by atoms with Crippen LogP contribution in [0.2, 0.25) is 0 Å². The van der Waals surface area contributed by atoms with Crippen molar-refractivity contribution in [2.45, 2.75) is 12.3 Å². The molecule has 2 atom stereocenters. The van der Waals surface area contributed by atoms with E-state index < -0.39 is 0 Å². The number of hydrogen-bond acceptors (Lipinski definition) is 2. The maximum atomic E-state index is 7.50. The van der Waals surface area contributed by atoms with E-state index in [-0.39, 0.29) is 0 Å². The molecule has 0 N–H and O–H groups in total. The molecule has 0 bridgehead atoms. The second-order valence-corrected chi connectivity index (χ2v) is 3.62. The van der Waals surface area contributed by atoms with Crippen LogP contribution in [0.4, 0.5) is 0 Å². The quantitative estimate of drug-likeness (QED) is 0.611. The van der Waals surface area contributed by atoms with Gasteiger partial charge in [-0.2, -0.15) is 0 Å². The minimum absolute atomic E-state index is 0.529. The monoisotopic (exact) mass is 342 g/mol. The van der Waals surface area contributed by atoms with Crippen LogP contribution in [0.3, 0.4) is 0 Å². The van der Waals surface area contributed by atoms with Crippen LogP contribution in [0.5, 0.6) is 0 Å². The van der Waals surface area contributed by atoms with Crippen molar-refractivity contribution in [2.24, 2.45) is 5.92 Å². The van der Waals surface area contributed by atoms with Gasteiger partial charge >= 0.3 is 136 Å². The normalized spacial score (nSPS) is 15.2. The standard InChI is InChI=1S/C9H10O2.5CO.Cr/c1-10-6-7-5-8(7)9-3-2-4-11-9;5*1-2;/h2-4,7-8H,5H2,1H3;;;;;;/t7-,8+;;;;;;/m0....../s1. The van der Waals surface area contributed by atoms with Gasteiger partial charge in [-0.3, -0.25) is 0 Å². The van der Waals surface area contributed by atoms with Gasteiger partial charge in [0.25, 0.3) is 0 Å². The van der Waals surface area contributed by atoms with Crippen LogP contribution in [-0.2, 0) is 43.8 Å². The molecule has 2 rings (SSSR count). The molecule has 1 aromatic heterocycles. The second-order valence-electron chi connectivity index (χ2n) is 2.99. The zero-order valence-electron chi connectivity index (χ0n) is 11.4. The van der Waals surface area contributed by atoms with Crippen LogP contribution >= 0.6 is 0 Å². The first-order chi connectivity index (χ1) is 10.8. The van der Waals surface area contributed by atoms with Gasteiger partial charge < -0.3 is 0 Å². The van der Waals surface area contributed by atoms with E-state index in [4.69, 9.17) is 32.4 Å². The summed E-state index contributed by atoms with van der Waals surface area (Å²) in [5.74, 6) is 2.14. The molecule has 1 aromatic rings. The van der Waals surface area contributed by atoms with E-state index in [2.05, 4.69) is 49.1 Å². The molecule has 114 valence electrons. The van der Waals surface area contributed by atoms with Gasteiger partial charge in [-0.05, 0) is 0 Å². The van der Waals surface area contributed by atoms with Gasteiger partial charge in [0.1, 0.15) is 0 Å². The summed E-state index contributed by atoms with van der Waals surface area (Å²) in [6.45, 7) is 22.5. The Balaban J connectivity index is -0.000000139. The van der Waals surface area contributed by atoms with Gasteiger partial charge in [-0.1, -0.05) is 0 Å². The zero-order valence-corrected chi connectivity index (χ0v) is 12.6. The van der Waals surface area contributed by atoms with E-state index in [1.165, 1.54) is 0 Å². The Morgan fingerprint density at radius 2 is 1.55 bits per heavy atom. The van der Waals surface area contributed by atoms with Crippen LogP contribution in [-0.4, -0.2) is 11.7 Å². The molecule has 22 heavy (non-hydrogen) atoms. The van der Waals surface area contributed by atoms with Crippen molar-refractivity contribution in [2.75, 3.05) is 7.11 Å². The zero-order chi connectivity index (χ0) is 18.6. The van der Waals surface area contributed by atoms with Gasteiger partial charge in [0.05, 0.1) is 0 Å². The molecule has 1 aliphatic rings. The van der Waals surface area contributed by atoms with Crippen molar-refractivity contribution in [3.63, 3.8) is 0 Å². The van der Waals surface area contributed by atoms with Crippen LogP contribution in [0.25, 0.3) is 0 Å². The number of methoxy groups -OCH3 is 1. The Morgan fingerprint density at radius 3 is 1.86 bits per heavy atom. The van der Waals surface area contributed by atoms with Gasteiger partial charge in [0.2, 0.25) is 0 Å². The number of ether oxygens (including phenoxy) is 1. The van der Waals surface area contributed by atoms with E-state index in [1.54, 1.807) is 13.4 Å².